The Morgan fingerprint density at radius 2 is 1.92 bits per heavy atom. The van der Waals surface area contributed by atoms with Crippen molar-refractivity contribution in [3.63, 3.8) is 0 Å². The van der Waals surface area contributed by atoms with Crippen LogP contribution in [-0.4, -0.2) is 36.5 Å². The molecular weight excluding hydrogens is 342 g/mol. The van der Waals surface area contributed by atoms with Crippen molar-refractivity contribution in [3.05, 3.63) is 36.0 Å². The molecule has 1 saturated heterocycles. The molecule has 4 rings (SSSR count). The Balaban J connectivity index is 1.64. The van der Waals surface area contributed by atoms with Gasteiger partial charge < -0.3 is 9.26 Å². The largest absolute Gasteiger partial charge is 0.497 e. The van der Waals surface area contributed by atoms with E-state index in [-0.39, 0.29) is 10.9 Å². The highest BCUT2D eigenvalue weighted by atomic mass is 32.2. The molecule has 7 nitrogen and oxygen atoms in total. The van der Waals surface area contributed by atoms with Crippen LogP contribution < -0.4 is 4.74 Å². The third-order valence-electron chi connectivity index (χ3n) is 4.80. The minimum atomic E-state index is -3.63. The van der Waals surface area contributed by atoms with E-state index in [0.29, 0.717) is 36.3 Å². The van der Waals surface area contributed by atoms with E-state index >= 15 is 0 Å². The van der Waals surface area contributed by atoms with Crippen molar-refractivity contribution in [1.82, 2.24) is 14.4 Å². The Hall–Kier alpha value is -1.93. The molecule has 25 heavy (non-hydrogen) atoms. The first-order valence-electron chi connectivity index (χ1n) is 8.59. The zero-order valence-corrected chi connectivity index (χ0v) is 14.9. The van der Waals surface area contributed by atoms with E-state index in [9.17, 15) is 8.42 Å². The fourth-order valence-corrected chi connectivity index (χ4v) is 4.86. The maximum atomic E-state index is 13.1. The van der Waals surface area contributed by atoms with E-state index in [1.807, 2.05) is 0 Å². The Labute approximate surface area is 147 Å². The molecule has 0 N–H and O–H groups in total. The lowest BCUT2D eigenvalue weighted by molar-refractivity contribution is 0.204. The van der Waals surface area contributed by atoms with Gasteiger partial charge in [-0.2, -0.15) is 9.29 Å². The number of aromatic nitrogens is 2. The fourth-order valence-electron chi connectivity index (χ4n) is 3.21. The van der Waals surface area contributed by atoms with Gasteiger partial charge in [0.1, 0.15) is 11.8 Å². The number of hydrogen-bond acceptors (Lipinski definition) is 6. The van der Waals surface area contributed by atoms with E-state index in [1.54, 1.807) is 31.4 Å². The van der Waals surface area contributed by atoms with Crippen LogP contribution in [0.25, 0.3) is 0 Å². The summed E-state index contributed by atoms with van der Waals surface area (Å²) in [6, 6.07) is 6.07. The van der Waals surface area contributed by atoms with Gasteiger partial charge >= 0.3 is 0 Å². The van der Waals surface area contributed by atoms with E-state index in [1.165, 1.54) is 4.31 Å². The van der Waals surface area contributed by atoms with Crippen molar-refractivity contribution in [2.45, 2.75) is 49.0 Å². The summed E-state index contributed by atoms with van der Waals surface area (Å²) in [4.78, 5) is 4.73. The van der Waals surface area contributed by atoms with Gasteiger partial charge in [-0.15, -0.1) is 0 Å². The van der Waals surface area contributed by atoms with Crippen LogP contribution in [0.15, 0.2) is 33.7 Å². The molecule has 1 aliphatic carbocycles. The quantitative estimate of drug-likeness (QED) is 0.812. The SMILES string of the molecule is COc1ccc(S(=O)(=O)N2CCCCC2c2nc(C3CC3)no2)cc1. The maximum Gasteiger partial charge on any atom is 0.245 e. The van der Waals surface area contributed by atoms with E-state index in [4.69, 9.17) is 9.26 Å². The van der Waals surface area contributed by atoms with Gasteiger partial charge in [-0.05, 0) is 49.9 Å². The molecule has 1 aromatic heterocycles. The van der Waals surface area contributed by atoms with Crippen molar-refractivity contribution in [2.24, 2.45) is 0 Å². The topological polar surface area (TPSA) is 85.5 Å². The summed E-state index contributed by atoms with van der Waals surface area (Å²) in [5.41, 5.74) is 0. The molecule has 2 heterocycles. The third kappa shape index (κ3) is 3.16. The van der Waals surface area contributed by atoms with Gasteiger partial charge in [0, 0.05) is 12.5 Å². The van der Waals surface area contributed by atoms with E-state index < -0.39 is 10.0 Å². The Morgan fingerprint density at radius 1 is 1.16 bits per heavy atom. The zero-order valence-electron chi connectivity index (χ0n) is 14.1. The average Bonchev–Trinajstić information content (AvgIpc) is 3.39. The molecule has 2 aromatic rings. The third-order valence-corrected chi connectivity index (χ3v) is 6.73. The number of rotatable bonds is 5. The number of benzene rings is 1. The Kier molecular flexibility index (Phi) is 4.24. The number of hydrogen-bond donors (Lipinski definition) is 0. The van der Waals surface area contributed by atoms with Crippen LogP contribution in [-0.2, 0) is 10.0 Å². The van der Waals surface area contributed by atoms with Gasteiger partial charge in [0.25, 0.3) is 0 Å². The summed E-state index contributed by atoms with van der Waals surface area (Å²) in [5, 5.41) is 4.04. The molecule has 1 saturated carbocycles. The smallest absolute Gasteiger partial charge is 0.245 e. The number of nitrogens with zero attached hydrogens (tertiary/aromatic N) is 3. The predicted octanol–water partition coefficient (Wildman–Crippen LogP) is 2.87. The van der Waals surface area contributed by atoms with Crippen LogP contribution in [0.1, 0.15) is 55.8 Å². The molecule has 1 aliphatic heterocycles. The molecule has 2 fully saturated rings. The first kappa shape index (κ1) is 16.5. The van der Waals surface area contributed by atoms with Crippen molar-refractivity contribution >= 4 is 10.0 Å². The van der Waals surface area contributed by atoms with Gasteiger partial charge in [-0.3, -0.25) is 0 Å². The van der Waals surface area contributed by atoms with Crippen molar-refractivity contribution in [3.8, 4) is 5.75 Å². The lowest BCUT2D eigenvalue weighted by atomic mass is 10.1. The summed E-state index contributed by atoms with van der Waals surface area (Å²) in [6.45, 7) is 0.459. The van der Waals surface area contributed by atoms with Crippen molar-refractivity contribution < 1.29 is 17.7 Å². The van der Waals surface area contributed by atoms with Gasteiger partial charge in [0.05, 0.1) is 12.0 Å². The van der Waals surface area contributed by atoms with E-state index in [0.717, 1.165) is 25.7 Å². The zero-order chi connectivity index (χ0) is 17.4. The maximum absolute atomic E-state index is 13.1. The highest BCUT2D eigenvalue weighted by Gasteiger charge is 2.38. The van der Waals surface area contributed by atoms with E-state index in [2.05, 4.69) is 10.1 Å². The first-order chi connectivity index (χ1) is 12.1. The summed E-state index contributed by atoms with van der Waals surface area (Å²) >= 11 is 0. The highest BCUT2D eigenvalue weighted by Crippen LogP contribution is 2.40. The van der Waals surface area contributed by atoms with Gasteiger partial charge in [-0.1, -0.05) is 11.6 Å². The van der Waals surface area contributed by atoms with Crippen LogP contribution in [0.5, 0.6) is 5.75 Å². The van der Waals surface area contributed by atoms with Gasteiger partial charge in [0.2, 0.25) is 15.9 Å². The fraction of sp³-hybridized carbons (Fsp3) is 0.529. The second-order valence-electron chi connectivity index (χ2n) is 6.57. The number of piperidine rings is 1. The summed E-state index contributed by atoms with van der Waals surface area (Å²) in [5.74, 6) is 2.13. The average molecular weight is 363 g/mol. The molecule has 1 atom stereocenters. The second kappa shape index (κ2) is 6.42. The normalized spacial score (nSPS) is 22.0. The molecule has 2 aliphatic rings. The monoisotopic (exact) mass is 363 g/mol. The molecule has 0 bridgehead atoms. The van der Waals surface area contributed by atoms with Crippen LogP contribution >= 0.6 is 0 Å². The molecule has 8 heteroatoms. The molecule has 0 spiro atoms. The van der Waals surface area contributed by atoms with Crippen LogP contribution in [0.2, 0.25) is 0 Å². The molecular formula is C17H21N3O4S. The summed E-state index contributed by atoms with van der Waals surface area (Å²) in [7, 11) is -2.08. The number of sulfonamides is 1. The minimum Gasteiger partial charge on any atom is -0.497 e. The molecule has 1 unspecified atom stereocenters. The van der Waals surface area contributed by atoms with Gasteiger partial charge in [-0.25, -0.2) is 8.42 Å². The lowest BCUT2D eigenvalue weighted by Crippen LogP contribution is -2.38. The molecule has 1 aromatic carbocycles. The molecule has 0 radical (unpaired) electrons. The minimum absolute atomic E-state index is 0.252. The highest BCUT2D eigenvalue weighted by molar-refractivity contribution is 7.89. The predicted molar refractivity (Wildman–Crippen MR) is 89.8 cm³/mol. The lowest BCUT2D eigenvalue weighted by Gasteiger charge is -2.32. The summed E-state index contributed by atoms with van der Waals surface area (Å²) < 4.78 is 38.3. The summed E-state index contributed by atoms with van der Waals surface area (Å²) in [6.07, 6.45) is 4.63. The van der Waals surface area contributed by atoms with Crippen molar-refractivity contribution in [1.29, 1.82) is 0 Å². The second-order valence-corrected chi connectivity index (χ2v) is 8.46. The van der Waals surface area contributed by atoms with Gasteiger partial charge in [0.15, 0.2) is 5.82 Å². The Morgan fingerprint density at radius 3 is 2.60 bits per heavy atom. The number of methoxy groups -OCH3 is 1. The number of ether oxygens (including phenoxy) is 1. The standard InChI is InChI=1S/C17H21N3O4S/c1-23-13-7-9-14(10-8-13)25(21,22)20-11-3-2-4-15(20)17-18-16(19-24-17)12-5-6-12/h7-10,12,15H,2-6,11H2,1H3. The molecule has 134 valence electrons. The van der Waals surface area contributed by atoms with Crippen LogP contribution in [0.4, 0.5) is 0 Å². The Bertz CT molecular complexity index is 843. The van der Waals surface area contributed by atoms with Crippen LogP contribution in [0.3, 0.4) is 0 Å². The molecule has 0 amide bonds. The van der Waals surface area contributed by atoms with Crippen molar-refractivity contribution in [2.75, 3.05) is 13.7 Å². The van der Waals surface area contributed by atoms with Crippen LogP contribution in [0, 0.1) is 0 Å². The first-order valence-corrected chi connectivity index (χ1v) is 10.0.